The van der Waals surface area contributed by atoms with Crippen molar-refractivity contribution in [2.75, 3.05) is 25.4 Å². The molecule has 10 amide bonds. The van der Waals surface area contributed by atoms with E-state index in [0.717, 1.165) is 11.8 Å². The predicted octanol–water partition coefficient (Wildman–Crippen LogP) is -6.21. The molecular formula is C45H71N13O19S. The topological polar surface area (TPSA) is 520 Å². The predicted molar refractivity (Wildman–Crippen MR) is 271 cm³/mol. The van der Waals surface area contributed by atoms with E-state index in [-0.39, 0.29) is 38.1 Å². The number of primary amides is 1. The first-order valence-electron chi connectivity index (χ1n) is 24.2. The maximum absolute atomic E-state index is 14.4. The number of rotatable bonds is 32. The number of aliphatic hydroxyl groups is 1. The van der Waals surface area contributed by atoms with Crippen LogP contribution < -0.4 is 54.0 Å². The molecule has 18 N–H and O–H groups in total. The highest BCUT2D eigenvalue weighted by Gasteiger charge is 2.41. The van der Waals surface area contributed by atoms with Crippen LogP contribution in [0, 0.1) is 11.8 Å². The Hall–Kier alpha value is -7.94. The molecule has 1 aliphatic heterocycles. The number of hydrogen-bond acceptors (Lipinski definition) is 18. The molecule has 1 saturated heterocycles. The van der Waals surface area contributed by atoms with E-state index >= 15 is 0 Å². The molecule has 2 rings (SSSR count). The fourth-order valence-electron chi connectivity index (χ4n) is 7.31. The van der Waals surface area contributed by atoms with Gasteiger partial charge in [0.15, 0.2) is 0 Å². The minimum Gasteiger partial charge on any atom is -0.481 e. The van der Waals surface area contributed by atoms with Crippen molar-refractivity contribution in [3.05, 3.63) is 18.2 Å². The van der Waals surface area contributed by atoms with Gasteiger partial charge < -0.3 is 89.4 Å². The van der Waals surface area contributed by atoms with Gasteiger partial charge in [-0.3, -0.25) is 62.3 Å². The standard InChI is InChI=1S/C43H67N13O17S.C2H4O2/c1-19(2)10-24(50-35(64)22(44)12-30(45)58)36(65)47-15-31(59)49-23(7-8-32(60)61)37(66)52-26(11-21-14-46-18-48-21)42(71)56-9-5-6-29(56)40(69)55-34(20(3)4)41(70)54-28(17-74)39(68)51-25(13-33(62)63)38(67)53-27(16-57)43(72)73;1-2(3)4/h14,18-20,22-29,34,57,74H,5-13,15-17,44H2,1-4H3,(H2,45,58)(H,46,48)(H,47,65)(H,49,59)(H,50,64)(H,51,68)(H,52,66)(H,53,67)(H,54,70)(H,55,69)(H,60,61)(H,62,63)(H,72,73);1H3,(H,3,4). The SMILES string of the molecule is CC(=O)O.CC(C)CC(NC(=O)C(N)CC(N)=O)C(=O)NCC(=O)NC(CCC(=O)O)C(=O)NC(Cc1cnc[nH]1)C(=O)N1CCCC1C(=O)NC(C(=O)NC(CS)C(=O)NC(CC(=O)O)C(=O)NC(CO)C(=O)O)C(C)C. The first kappa shape index (κ1) is 68.1. The van der Waals surface area contributed by atoms with Gasteiger partial charge in [0.1, 0.15) is 48.3 Å². The van der Waals surface area contributed by atoms with Gasteiger partial charge in [-0.05, 0) is 37.5 Å². The van der Waals surface area contributed by atoms with Crippen LogP contribution in [0.5, 0.6) is 0 Å². The lowest BCUT2D eigenvalue weighted by molar-refractivity contribution is -0.144. The number of nitrogens with one attached hydrogen (secondary N) is 9. The molecule has 32 nitrogen and oxygen atoms in total. The number of hydrogen-bond donors (Lipinski definition) is 17. The van der Waals surface area contributed by atoms with E-state index in [1.165, 1.54) is 12.5 Å². The number of nitrogens with zero attached hydrogens (tertiary/aromatic N) is 2. The molecule has 0 saturated carbocycles. The fraction of sp³-hybridized carbons (Fsp3) is 0.622. The number of aromatic nitrogens is 2. The second-order valence-electron chi connectivity index (χ2n) is 18.5. The van der Waals surface area contributed by atoms with E-state index in [1.807, 2.05) is 5.32 Å². The summed E-state index contributed by atoms with van der Waals surface area (Å²) >= 11 is 4.09. The van der Waals surface area contributed by atoms with Crippen molar-refractivity contribution in [2.24, 2.45) is 23.3 Å². The van der Waals surface area contributed by atoms with Gasteiger partial charge >= 0.3 is 17.9 Å². The Morgan fingerprint density at radius 1 is 0.731 bits per heavy atom. The van der Waals surface area contributed by atoms with E-state index in [9.17, 15) is 82.8 Å². The van der Waals surface area contributed by atoms with Crippen LogP contribution in [-0.2, 0) is 73.5 Å². The molecule has 1 aromatic heterocycles. The number of carbonyl (C=O) groups is 14. The molecule has 1 aromatic rings. The second kappa shape index (κ2) is 34.0. The number of thiol groups is 1. The molecular weight excluding hydrogens is 1060 g/mol. The van der Waals surface area contributed by atoms with E-state index in [1.54, 1.807) is 27.7 Å². The summed E-state index contributed by atoms with van der Waals surface area (Å²) in [6.45, 7) is 5.83. The van der Waals surface area contributed by atoms with Gasteiger partial charge in [0.05, 0.1) is 38.4 Å². The highest BCUT2D eigenvalue weighted by molar-refractivity contribution is 7.80. The Balaban J connectivity index is 0.00000733. The fourth-order valence-corrected chi connectivity index (χ4v) is 7.57. The smallest absolute Gasteiger partial charge is 0.328 e. The molecule has 78 heavy (non-hydrogen) atoms. The second-order valence-corrected chi connectivity index (χ2v) is 18.9. The zero-order chi connectivity index (χ0) is 59.6. The Morgan fingerprint density at radius 3 is 1.81 bits per heavy atom. The Morgan fingerprint density at radius 2 is 1.29 bits per heavy atom. The third-order valence-corrected chi connectivity index (χ3v) is 11.5. The quantitative estimate of drug-likeness (QED) is 0.0299. The Labute approximate surface area is 451 Å². The number of carbonyl (C=O) groups excluding carboxylic acids is 10. The lowest BCUT2D eigenvalue weighted by Crippen LogP contribution is -2.61. The third-order valence-electron chi connectivity index (χ3n) is 11.1. The zero-order valence-corrected chi connectivity index (χ0v) is 44.3. The van der Waals surface area contributed by atoms with Gasteiger partial charge in [0, 0.05) is 44.0 Å². The van der Waals surface area contributed by atoms with Crippen molar-refractivity contribution in [2.45, 2.75) is 140 Å². The molecule has 0 radical (unpaired) electrons. The van der Waals surface area contributed by atoms with Gasteiger partial charge in [-0.2, -0.15) is 12.6 Å². The van der Waals surface area contributed by atoms with E-state index in [2.05, 4.69) is 59.8 Å². The molecule has 9 unspecified atom stereocenters. The molecule has 0 aliphatic carbocycles. The van der Waals surface area contributed by atoms with Gasteiger partial charge in [-0.25, -0.2) is 9.78 Å². The van der Waals surface area contributed by atoms with Crippen LogP contribution in [0.3, 0.4) is 0 Å². The number of imidazole rings is 1. The molecule has 436 valence electrons. The maximum atomic E-state index is 14.4. The van der Waals surface area contributed by atoms with Crippen molar-refractivity contribution in [3.63, 3.8) is 0 Å². The summed E-state index contributed by atoms with van der Waals surface area (Å²) in [7, 11) is 0. The van der Waals surface area contributed by atoms with Crippen LogP contribution in [-0.4, -0.2) is 203 Å². The van der Waals surface area contributed by atoms with Crippen LogP contribution in [0.15, 0.2) is 12.5 Å². The number of nitrogens with two attached hydrogens (primary N) is 2. The summed E-state index contributed by atoms with van der Waals surface area (Å²) in [6.07, 6.45) is 0.169. The molecule has 0 spiro atoms. The van der Waals surface area contributed by atoms with Gasteiger partial charge in [0.2, 0.25) is 59.1 Å². The summed E-state index contributed by atoms with van der Waals surface area (Å²) in [6, 6.07) is -13.5. The summed E-state index contributed by atoms with van der Waals surface area (Å²) in [5.41, 5.74) is 11.2. The van der Waals surface area contributed by atoms with Gasteiger partial charge in [-0.15, -0.1) is 0 Å². The summed E-state index contributed by atoms with van der Waals surface area (Å²) in [5, 5.41) is 63.3. The Kier molecular flexibility index (Phi) is 29.6. The number of amides is 10. The molecule has 0 bridgehead atoms. The summed E-state index contributed by atoms with van der Waals surface area (Å²) in [5.74, 6) is -16.1. The number of aliphatic carboxylic acids is 4. The monoisotopic (exact) mass is 1130 g/mol. The van der Waals surface area contributed by atoms with Crippen molar-refractivity contribution in [1.82, 2.24) is 57.4 Å². The number of likely N-dealkylation sites (tertiary alicyclic amines) is 1. The molecule has 33 heteroatoms. The molecule has 1 fully saturated rings. The van der Waals surface area contributed by atoms with Crippen LogP contribution in [0.1, 0.15) is 85.3 Å². The molecule has 2 heterocycles. The minimum absolute atomic E-state index is 0.0163. The Bertz CT molecular complexity index is 2300. The van der Waals surface area contributed by atoms with Crippen molar-refractivity contribution >= 4 is 95.6 Å². The molecule has 9 atom stereocenters. The van der Waals surface area contributed by atoms with Gasteiger partial charge in [0.25, 0.3) is 5.97 Å². The van der Waals surface area contributed by atoms with Crippen LogP contribution in [0.2, 0.25) is 0 Å². The van der Waals surface area contributed by atoms with Crippen LogP contribution >= 0.6 is 12.6 Å². The van der Waals surface area contributed by atoms with Crippen molar-refractivity contribution in [3.8, 4) is 0 Å². The van der Waals surface area contributed by atoms with Crippen molar-refractivity contribution < 1.29 is 92.7 Å². The number of H-pyrrole nitrogens is 1. The van der Waals surface area contributed by atoms with E-state index < -0.39 is 188 Å². The third kappa shape index (κ3) is 24.8. The van der Waals surface area contributed by atoms with Crippen LogP contribution in [0.4, 0.5) is 0 Å². The van der Waals surface area contributed by atoms with E-state index in [4.69, 9.17) is 21.4 Å². The minimum atomic E-state index is -1.87. The van der Waals surface area contributed by atoms with Gasteiger partial charge in [-0.1, -0.05) is 27.7 Å². The summed E-state index contributed by atoms with van der Waals surface area (Å²) < 4.78 is 0. The average Bonchev–Trinajstić information content (AvgIpc) is 4.06. The zero-order valence-electron chi connectivity index (χ0n) is 43.4. The largest absolute Gasteiger partial charge is 0.481 e. The number of aliphatic hydroxyl groups excluding tert-OH is 1. The van der Waals surface area contributed by atoms with Crippen LogP contribution in [0.25, 0.3) is 0 Å². The van der Waals surface area contributed by atoms with Crippen molar-refractivity contribution in [1.29, 1.82) is 0 Å². The lowest BCUT2D eigenvalue weighted by atomic mass is 10.0. The van der Waals surface area contributed by atoms with E-state index in [0.29, 0.717) is 5.69 Å². The average molecular weight is 1130 g/mol. The summed E-state index contributed by atoms with van der Waals surface area (Å²) in [4.78, 5) is 184. The lowest BCUT2D eigenvalue weighted by Gasteiger charge is -2.31. The number of carboxylic acid groups (broad SMARTS) is 4. The molecule has 1 aliphatic rings. The highest BCUT2D eigenvalue weighted by Crippen LogP contribution is 2.21. The first-order chi connectivity index (χ1) is 36.4. The maximum Gasteiger partial charge on any atom is 0.328 e. The highest BCUT2D eigenvalue weighted by atomic mass is 32.1. The number of aromatic amines is 1. The number of carboxylic acids is 4. The molecule has 0 aromatic carbocycles. The first-order valence-corrected chi connectivity index (χ1v) is 24.8. The normalized spacial score (nSPS) is 15.9.